The summed E-state index contributed by atoms with van der Waals surface area (Å²) in [5, 5.41) is 5.25. The SMILES string of the molecule is COCCNCc1cc(C(C)(C)C)nc2ccc(Cl)cc12. The summed E-state index contributed by atoms with van der Waals surface area (Å²) < 4.78 is 5.07. The second-order valence-corrected chi connectivity index (χ2v) is 6.68. The van der Waals surface area contributed by atoms with E-state index in [2.05, 4.69) is 32.2 Å². The number of nitrogens with zero attached hydrogens (tertiary/aromatic N) is 1. The molecule has 1 aromatic carbocycles. The fourth-order valence-corrected chi connectivity index (χ4v) is 2.37. The van der Waals surface area contributed by atoms with E-state index in [0.29, 0.717) is 6.61 Å². The van der Waals surface area contributed by atoms with Crippen LogP contribution in [0.25, 0.3) is 10.9 Å². The molecule has 0 saturated heterocycles. The first kappa shape index (κ1) is 16.2. The fraction of sp³-hybridized carbons (Fsp3) is 0.471. The molecule has 21 heavy (non-hydrogen) atoms. The average Bonchev–Trinajstić information content (AvgIpc) is 2.42. The van der Waals surface area contributed by atoms with Gasteiger partial charge in [0.05, 0.1) is 12.1 Å². The first-order chi connectivity index (χ1) is 9.91. The third-order valence-electron chi connectivity index (χ3n) is 3.42. The van der Waals surface area contributed by atoms with E-state index < -0.39 is 0 Å². The average molecular weight is 307 g/mol. The Balaban J connectivity index is 2.40. The Morgan fingerprint density at radius 3 is 2.67 bits per heavy atom. The Morgan fingerprint density at radius 1 is 1.24 bits per heavy atom. The molecule has 3 nitrogen and oxygen atoms in total. The number of hydrogen-bond donors (Lipinski definition) is 1. The van der Waals surface area contributed by atoms with Crippen LogP contribution < -0.4 is 5.32 Å². The number of aromatic nitrogens is 1. The standard InChI is InChI=1S/C17H23ClN2O/c1-17(2,3)16-9-12(11-19-7-8-21-4)14-10-13(18)5-6-15(14)20-16/h5-6,9-10,19H,7-8,11H2,1-4H3. The number of ether oxygens (including phenoxy) is 1. The van der Waals surface area contributed by atoms with Gasteiger partial charge in [-0.05, 0) is 29.8 Å². The predicted molar refractivity (Wildman–Crippen MR) is 89.0 cm³/mol. The van der Waals surface area contributed by atoms with Gasteiger partial charge in [0.1, 0.15) is 0 Å². The highest BCUT2D eigenvalue weighted by Crippen LogP contribution is 2.27. The number of pyridine rings is 1. The van der Waals surface area contributed by atoms with Crippen molar-refractivity contribution in [2.24, 2.45) is 0 Å². The van der Waals surface area contributed by atoms with Gasteiger partial charge in [0.25, 0.3) is 0 Å². The van der Waals surface area contributed by atoms with E-state index in [0.717, 1.165) is 34.7 Å². The van der Waals surface area contributed by atoms with Crippen LogP contribution in [0.2, 0.25) is 5.02 Å². The molecular formula is C17H23ClN2O. The molecule has 0 aliphatic heterocycles. The van der Waals surface area contributed by atoms with E-state index >= 15 is 0 Å². The Bertz CT molecular complexity index is 620. The van der Waals surface area contributed by atoms with Gasteiger partial charge in [-0.25, -0.2) is 0 Å². The number of nitrogens with one attached hydrogen (secondary N) is 1. The van der Waals surface area contributed by atoms with Crippen LogP contribution in [0.4, 0.5) is 0 Å². The van der Waals surface area contributed by atoms with Crippen LogP contribution in [-0.2, 0) is 16.7 Å². The normalized spacial score (nSPS) is 12.0. The highest BCUT2D eigenvalue weighted by atomic mass is 35.5. The molecule has 2 aromatic rings. The second-order valence-electron chi connectivity index (χ2n) is 6.25. The first-order valence-electron chi connectivity index (χ1n) is 7.21. The van der Waals surface area contributed by atoms with Gasteiger partial charge in [-0.3, -0.25) is 4.98 Å². The van der Waals surface area contributed by atoms with Crippen molar-refractivity contribution in [3.05, 3.63) is 40.5 Å². The smallest absolute Gasteiger partial charge is 0.0709 e. The quantitative estimate of drug-likeness (QED) is 0.850. The maximum atomic E-state index is 6.14. The number of fused-ring (bicyclic) bond motifs is 1. The fourth-order valence-electron chi connectivity index (χ4n) is 2.20. The summed E-state index contributed by atoms with van der Waals surface area (Å²) in [4.78, 5) is 4.78. The lowest BCUT2D eigenvalue weighted by molar-refractivity contribution is 0.199. The van der Waals surface area contributed by atoms with Gasteiger partial charge in [0.15, 0.2) is 0 Å². The largest absolute Gasteiger partial charge is 0.383 e. The van der Waals surface area contributed by atoms with Gasteiger partial charge < -0.3 is 10.1 Å². The third-order valence-corrected chi connectivity index (χ3v) is 3.66. The Kier molecular flexibility index (Phi) is 5.20. The van der Waals surface area contributed by atoms with Gasteiger partial charge in [-0.2, -0.15) is 0 Å². The third kappa shape index (κ3) is 4.16. The van der Waals surface area contributed by atoms with Crippen LogP contribution in [0.15, 0.2) is 24.3 Å². The molecule has 0 aliphatic rings. The minimum absolute atomic E-state index is 0.0229. The van der Waals surface area contributed by atoms with Crippen LogP contribution in [0.5, 0.6) is 0 Å². The topological polar surface area (TPSA) is 34.1 Å². The van der Waals surface area contributed by atoms with Crippen molar-refractivity contribution in [1.29, 1.82) is 0 Å². The predicted octanol–water partition coefficient (Wildman–Crippen LogP) is 3.92. The molecule has 1 aromatic heterocycles. The highest BCUT2D eigenvalue weighted by molar-refractivity contribution is 6.31. The molecule has 0 bridgehead atoms. The maximum absolute atomic E-state index is 6.14. The zero-order valence-corrected chi connectivity index (χ0v) is 13.9. The van der Waals surface area contributed by atoms with Crippen molar-refractivity contribution in [2.75, 3.05) is 20.3 Å². The second kappa shape index (κ2) is 6.73. The van der Waals surface area contributed by atoms with E-state index in [1.807, 2.05) is 18.2 Å². The van der Waals surface area contributed by atoms with Crippen molar-refractivity contribution < 1.29 is 4.74 Å². The molecule has 0 atom stereocenters. The summed E-state index contributed by atoms with van der Waals surface area (Å²) in [7, 11) is 1.71. The number of methoxy groups -OCH3 is 1. The summed E-state index contributed by atoms with van der Waals surface area (Å²) in [5.74, 6) is 0. The molecule has 1 N–H and O–H groups in total. The van der Waals surface area contributed by atoms with Gasteiger partial charge in [-0.1, -0.05) is 32.4 Å². The van der Waals surface area contributed by atoms with Crippen LogP contribution in [-0.4, -0.2) is 25.2 Å². The summed E-state index contributed by atoms with van der Waals surface area (Å²) in [5.41, 5.74) is 3.34. The Morgan fingerprint density at radius 2 is 2.00 bits per heavy atom. The maximum Gasteiger partial charge on any atom is 0.0709 e. The molecule has 0 fully saturated rings. The number of rotatable bonds is 5. The van der Waals surface area contributed by atoms with Crippen molar-refractivity contribution in [3.63, 3.8) is 0 Å². The van der Waals surface area contributed by atoms with Crippen LogP contribution in [0.1, 0.15) is 32.0 Å². The molecule has 114 valence electrons. The van der Waals surface area contributed by atoms with E-state index in [4.69, 9.17) is 21.3 Å². The Labute approximate surface area is 131 Å². The monoisotopic (exact) mass is 306 g/mol. The van der Waals surface area contributed by atoms with Gasteiger partial charge >= 0.3 is 0 Å². The first-order valence-corrected chi connectivity index (χ1v) is 7.59. The summed E-state index contributed by atoms with van der Waals surface area (Å²) in [6.45, 7) is 8.85. The zero-order chi connectivity index (χ0) is 15.5. The molecule has 0 radical (unpaired) electrons. The van der Waals surface area contributed by atoms with E-state index in [-0.39, 0.29) is 5.41 Å². The minimum atomic E-state index is 0.0229. The summed E-state index contributed by atoms with van der Waals surface area (Å²) >= 11 is 6.14. The molecule has 1 heterocycles. The molecule has 0 amide bonds. The van der Waals surface area contributed by atoms with Crippen LogP contribution in [0.3, 0.4) is 0 Å². The molecule has 4 heteroatoms. The molecule has 0 spiro atoms. The lowest BCUT2D eigenvalue weighted by atomic mass is 9.90. The van der Waals surface area contributed by atoms with Crippen LogP contribution in [0, 0.1) is 0 Å². The molecule has 0 saturated carbocycles. The van der Waals surface area contributed by atoms with Crippen LogP contribution >= 0.6 is 11.6 Å². The molecule has 0 aliphatic carbocycles. The summed E-state index contributed by atoms with van der Waals surface area (Å²) in [6.07, 6.45) is 0. The van der Waals surface area contributed by atoms with Gasteiger partial charge in [0, 0.05) is 41.7 Å². The molecule has 0 unspecified atom stereocenters. The summed E-state index contributed by atoms with van der Waals surface area (Å²) in [6, 6.07) is 8.05. The van der Waals surface area contributed by atoms with Crippen molar-refractivity contribution in [3.8, 4) is 0 Å². The Hall–Kier alpha value is -1.16. The highest BCUT2D eigenvalue weighted by Gasteiger charge is 2.17. The minimum Gasteiger partial charge on any atom is -0.383 e. The molecule has 2 rings (SSSR count). The van der Waals surface area contributed by atoms with E-state index in [9.17, 15) is 0 Å². The number of halogens is 1. The van der Waals surface area contributed by atoms with E-state index in [1.54, 1.807) is 7.11 Å². The van der Waals surface area contributed by atoms with Gasteiger partial charge in [0.2, 0.25) is 0 Å². The lowest BCUT2D eigenvalue weighted by Crippen LogP contribution is -2.20. The van der Waals surface area contributed by atoms with Crippen molar-refractivity contribution in [2.45, 2.75) is 32.7 Å². The number of benzene rings is 1. The van der Waals surface area contributed by atoms with E-state index in [1.165, 1.54) is 5.56 Å². The lowest BCUT2D eigenvalue weighted by Gasteiger charge is -2.20. The van der Waals surface area contributed by atoms with Crippen molar-refractivity contribution in [1.82, 2.24) is 10.3 Å². The van der Waals surface area contributed by atoms with Crippen molar-refractivity contribution >= 4 is 22.5 Å². The molecular weight excluding hydrogens is 284 g/mol. The zero-order valence-electron chi connectivity index (χ0n) is 13.2. The number of hydrogen-bond acceptors (Lipinski definition) is 3. The van der Waals surface area contributed by atoms with Gasteiger partial charge in [-0.15, -0.1) is 0 Å².